The summed E-state index contributed by atoms with van der Waals surface area (Å²) < 4.78 is 39.2. The third kappa shape index (κ3) is 4.31. The maximum atomic E-state index is 13.2. The van der Waals surface area contributed by atoms with Crippen LogP contribution in [0.15, 0.2) is 24.3 Å². The number of likely N-dealkylation sites (tertiary alicyclic amines) is 1. The van der Waals surface area contributed by atoms with Gasteiger partial charge in [-0.2, -0.15) is 0 Å². The van der Waals surface area contributed by atoms with E-state index in [2.05, 4.69) is 4.90 Å². The molecule has 0 spiro atoms. The van der Waals surface area contributed by atoms with Gasteiger partial charge in [0.15, 0.2) is 0 Å². The van der Waals surface area contributed by atoms with Gasteiger partial charge in [-0.15, -0.1) is 0 Å². The van der Waals surface area contributed by atoms with Crippen LogP contribution >= 0.6 is 0 Å². The highest BCUT2D eigenvalue weighted by Crippen LogP contribution is 2.31. The summed E-state index contributed by atoms with van der Waals surface area (Å²) in [6.07, 6.45) is 3.64. The summed E-state index contributed by atoms with van der Waals surface area (Å²) in [4.78, 5) is 2.32. The van der Waals surface area contributed by atoms with Crippen LogP contribution in [0.4, 0.5) is 4.39 Å². The molecule has 1 saturated heterocycles. The minimum absolute atomic E-state index is 0.124. The van der Waals surface area contributed by atoms with E-state index in [0.29, 0.717) is 12.5 Å². The largest absolute Gasteiger partial charge is 0.299 e. The monoisotopic (exact) mass is 340 g/mol. The lowest BCUT2D eigenvalue weighted by molar-refractivity contribution is 0.166. The van der Waals surface area contributed by atoms with Crippen LogP contribution in [0, 0.1) is 11.7 Å². The minimum atomic E-state index is -3.05. The lowest BCUT2D eigenvalue weighted by Gasteiger charge is -2.33. The lowest BCUT2D eigenvalue weighted by Crippen LogP contribution is -2.40. The predicted octanol–water partition coefficient (Wildman–Crippen LogP) is 2.46. The summed E-state index contributed by atoms with van der Waals surface area (Å²) in [5.41, 5.74) is 0.997. The first-order valence-electron chi connectivity index (χ1n) is 8.37. The van der Waals surface area contributed by atoms with Gasteiger partial charge in [0.2, 0.25) is 10.0 Å². The van der Waals surface area contributed by atoms with Crippen LogP contribution < -0.4 is 0 Å². The molecule has 1 saturated carbocycles. The number of nitrogens with zero attached hydrogens (tertiary/aromatic N) is 2. The molecule has 2 fully saturated rings. The Morgan fingerprint density at radius 2 is 1.91 bits per heavy atom. The Kier molecular flexibility index (Phi) is 5.04. The Morgan fingerprint density at radius 3 is 2.52 bits per heavy atom. The van der Waals surface area contributed by atoms with Gasteiger partial charge < -0.3 is 0 Å². The van der Waals surface area contributed by atoms with Gasteiger partial charge in [-0.25, -0.2) is 17.1 Å². The van der Waals surface area contributed by atoms with E-state index in [1.807, 2.05) is 6.07 Å². The standard InChI is InChI=1S/C17H25FN2O2S/c1-19(23(21,22)17-5-6-17)12-14-7-9-20(10-8-14)13-15-3-2-4-16(18)11-15/h2-4,11,14,17H,5-10,12-13H2,1H3. The number of hydrogen-bond acceptors (Lipinski definition) is 3. The molecule has 0 unspecified atom stereocenters. The Hall–Kier alpha value is -0.980. The van der Waals surface area contributed by atoms with Crippen molar-refractivity contribution in [3.63, 3.8) is 0 Å². The highest BCUT2D eigenvalue weighted by atomic mass is 32.2. The predicted molar refractivity (Wildman–Crippen MR) is 89.0 cm³/mol. The SMILES string of the molecule is CN(CC1CCN(Cc2cccc(F)c2)CC1)S(=O)(=O)C1CC1. The van der Waals surface area contributed by atoms with Crippen molar-refractivity contribution in [2.24, 2.45) is 5.92 Å². The maximum Gasteiger partial charge on any atom is 0.216 e. The van der Waals surface area contributed by atoms with Crippen molar-refractivity contribution >= 4 is 10.0 Å². The van der Waals surface area contributed by atoms with Crippen LogP contribution in [0.3, 0.4) is 0 Å². The fourth-order valence-corrected chi connectivity index (χ4v) is 4.97. The number of halogens is 1. The number of rotatable bonds is 6. The molecule has 0 radical (unpaired) electrons. The number of hydrogen-bond donors (Lipinski definition) is 0. The topological polar surface area (TPSA) is 40.6 Å². The molecule has 0 aromatic heterocycles. The third-order valence-corrected chi connectivity index (χ3v) is 7.23. The summed E-state index contributed by atoms with van der Waals surface area (Å²) in [5.74, 6) is 0.238. The van der Waals surface area contributed by atoms with Gasteiger partial charge in [-0.05, 0) is 62.4 Å². The van der Waals surface area contributed by atoms with E-state index in [9.17, 15) is 12.8 Å². The van der Waals surface area contributed by atoms with Gasteiger partial charge in [0.1, 0.15) is 5.82 Å². The molecule has 1 aromatic rings. The van der Waals surface area contributed by atoms with Gasteiger partial charge in [-0.1, -0.05) is 12.1 Å². The molecular formula is C17H25FN2O2S. The van der Waals surface area contributed by atoms with Crippen LogP contribution in [0.25, 0.3) is 0 Å². The van der Waals surface area contributed by atoms with Gasteiger partial charge in [-0.3, -0.25) is 4.90 Å². The summed E-state index contributed by atoms with van der Waals surface area (Å²) >= 11 is 0. The molecule has 0 amide bonds. The zero-order chi connectivity index (χ0) is 16.4. The van der Waals surface area contributed by atoms with Crippen molar-refractivity contribution in [2.75, 3.05) is 26.7 Å². The number of piperidine rings is 1. The molecule has 0 N–H and O–H groups in total. The maximum absolute atomic E-state index is 13.2. The molecule has 1 aliphatic heterocycles. The fraction of sp³-hybridized carbons (Fsp3) is 0.647. The molecule has 0 bridgehead atoms. The second-order valence-electron chi connectivity index (χ2n) is 6.87. The van der Waals surface area contributed by atoms with Gasteiger partial charge in [0.25, 0.3) is 0 Å². The second kappa shape index (κ2) is 6.87. The van der Waals surface area contributed by atoms with Crippen molar-refractivity contribution < 1.29 is 12.8 Å². The molecule has 6 heteroatoms. The Bertz CT molecular complexity index is 638. The van der Waals surface area contributed by atoms with E-state index >= 15 is 0 Å². The van der Waals surface area contributed by atoms with E-state index in [0.717, 1.165) is 50.9 Å². The van der Waals surface area contributed by atoms with E-state index in [4.69, 9.17) is 0 Å². The van der Waals surface area contributed by atoms with Crippen LogP contribution in [0.1, 0.15) is 31.2 Å². The van der Waals surface area contributed by atoms with Crippen molar-refractivity contribution in [2.45, 2.75) is 37.5 Å². The quantitative estimate of drug-likeness (QED) is 0.799. The number of sulfonamides is 1. The van der Waals surface area contributed by atoms with Crippen molar-refractivity contribution in [3.8, 4) is 0 Å². The molecule has 3 rings (SSSR count). The zero-order valence-electron chi connectivity index (χ0n) is 13.6. The molecule has 128 valence electrons. The molecule has 2 aliphatic rings. The Morgan fingerprint density at radius 1 is 1.22 bits per heavy atom. The minimum Gasteiger partial charge on any atom is -0.299 e. The van der Waals surface area contributed by atoms with Crippen molar-refractivity contribution in [3.05, 3.63) is 35.6 Å². The second-order valence-corrected chi connectivity index (χ2v) is 9.19. The van der Waals surface area contributed by atoms with E-state index in [1.54, 1.807) is 23.5 Å². The third-order valence-electron chi connectivity index (χ3n) is 4.90. The zero-order valence-corrected chi connectivity index (χ0v) is 14.4. The molecular weight excluding hydrogens is 315 g/mol. The summed E-state index contributed by atoms with van der Waals surface area (Å²) in [5, 5.41) is -0.124. The Labute approximate surface area is 138 Å². The summed E-state index contributed by atoms with van der Waals surface area (Å²) in [7, 11) is -1.34. The van der Waals surface area contributed by atoms with E-state index < -0.39 is 10.0 Å². The molecule has 4 nitrogen and oxygen atoms in total. The van der Waals surface area contributed by atoms with Gasteiger partial charge in [0.05, 0.1) is 5.25 Å². The highest BCUT2D eigenvalue weighted by molar-refractivity contribution is 7.90. The first-order chi connectivity index (χ1) is 10.9. The molecule has 1 aliphatic carbocycles. The van der Waals surface area contributed by atoms with E-state index in [-0.39, 0.29) is 11.1 Å². The molecule has 1 heterocycles. The number of benzene rings is 1. The first-order valence-corrected chi connectivity index (χ1v) is 9.87. The van der Waals surface area contributed by atoms with Gasteiger partial charge in [0, 0.05) is 20.1 Å². The van der Waals surface area contributed by atoms with Crippen LogP contribution in [-0.2, 0) is 16.6 Å². The van der Waals surface area contributed by atoms with Crippen LogP contribution in [0.2, 0.25) is 0 Å². The normalized spacial score (nSPS) is 21.0. The molecule has 1 aromatic carbocycles. The fourth-order valence-electron chi connectivity index (χ4n) is 3.31. The van der Waals surface area contributed by atoms with Gasteiger partial charge >= 0.3 is 0 Å². The Balaban J connectivity index is 1.47. The van der Waals surface area contributed by atoms with Crippen LogP contribution in [-0.4, -0.2) is 49.6 Å². The average Bonchev–Trinajstić information content (AvgIpc) is 3.34. The van der Waals surface area contributed by atoms with E-state index in [1.165, 1.54) is 6.07 Å². The van der Waals surface area contributed by atoms with Crippen molar-refractivity contribution in [1.29, 1.82) is 0 Å². The average molecular weight is 340 g/mol. The first kappa shape index (κ1) is 16.9. The smallest absolute Gasteiger partial charge is 0.216 e. The highest BCUT2D eigenvalue weighted by Gasteiger charge is 2.39. The summed E-state index contributed by atoms with van der Waals surface area (Å²) in [6, 6.07) is 6.74. The molecule has 0 atom stereocenters. The van der Waals surface area contributed by atoms with Crippen LogP contribution in [0.5, 0.6) is 0 Å². The van der Waals surface area contributed by atoms with Crippen molar-refractivity contribution in [1.82, 2.24) is 9.21 Å². The lowest BCUT2D eigenvalue weighted by atomic mass is 9.96. The summed E-state index contributed by atoms with van der Waals surface area (Å²) in [6.45, 7) is 3.28. The molecule has 23 heavy (non-hydrogen) atoms.